The van der Waals surface area contributed by atoms with Crippen molar-refractivity contribution in [2.45, 2.75) is 11.3 Å². The van der Waals surface area contributed by atoms with Crippen LogP contribution in [0.2, 0.25) is 10.0 Å². The predicted octanol–water partition coefficient (Wildman–Crippen LogP) is 5.49. The molecule has 0 fully saturated rings. The molecule has 7 heteroatoms. The van der Waals surface area contributed by atoms with Gasteiger partial charge in [-0.1, -0.05) is 47.5 Å². The molecule has 0 aliphatic heterocycles. The van der Waals surface area contributed by atoms with Crippen LogP contribution in [-0.4, -0.2) is 33.9 Å². The van der Waals surface area contributed by atoms with E-state index >= 15 is 0 Å². The third kappa shape index (κ3) is 4.18. The van der Waals surface area contributed by atoms with E-state index in [9.17, 15) is 9.59 Å². The van der Waals surface area contributed by atoms with Crippen molar-refractivity contribution in [1.29, 1.82) is 0 Å². The Morgan fingerprint density at radius 2 is 1.16 bits per heavy atom. The first-order valence-corrected chi connectivity index (χ1v) is 10.4. The summed E-state index contributed by atoms with van der Waals surface area (Å²) in [5, 5.41) is 0.535. The van der Waals surface area contributed by atoms with Crippen molar-refractivity contribution >= 4 is 35.8 Å². The number of halogens is 2. The zero-order valence-corrected chi connectivity index (χ0v) is 19.3. The maximum atomic E-state index is 13.0. The zero-order chi connectivity index (χ0) is 23.3. The summed E-state index contributed by atoms with van der Waals surface area (Å²) in [6.45, 7) is 0. The lowest BCUT2D eigenvalue weighted by molar-refractivity contribution is -0.117. The van der Waals surface area contributed by atoms with Crippen molar-refractivity contribution < 1.29 is 23.8 Å². The molecule has 1 unspecified atom stereocenters. The summed E-state index contributed by atoms with van der Waals surface area (Å²) >= 11 is 13.3. The van der Waals surface area contributed by atoms with Gasteiger partial charge in [0.1, 0.15) is 29.8 Å². The quantitative estimate of drug-likeness (QED) is 0.385. The van der Waals surface area contributed by atoms with Crippen LogP contribution < -0.4 is 14.2 Å². The number of carbonyl (C=O) groups is 2. The molecule has 0 heterocycles. The van der Waals surface area contributed by atoms with Crippen molar-refractivity contribution in [2.24, 2.45) is 0 Å². The molecule has 0 spiro atoms. The van der Waals surface area contributed by atoms with Gasteiger partial charge in [0.2, 0.25) is 0 Å². The van der Waals surface area contributed by atoms with Crippen molar-refractivity contribution in [1.82, 2.24) is 0 Å². The molecule has 32 heavy (non-hydrogen) atoms. The summed E-state index contributed by atoms with van der Waals surface area (Å²) in [5.41, 5.74) is -0.0557. The Hall–Kier alpha value is -3.02. The number of benzene rings is 3. The van der Waals surface area contributed by atoms with E-state index in [0.717, 1.165) is 12.6 Å². The van der Waals surface area contributed by atoms with Crippen molar-refractivity contribution in [2.75, 3.05) is 21.3 Å². The molecule has 0 aliphatic rings. The average molecular weight is 473 g/mol. The highest BCUT2D eigenvalue weighted by atomic mass is 35.5. The van der Waals surface area contributed by atoms with E-state index in [1.54, 1.807) is 67.8 Å². The first-order valence-electron chi connectivity index (χ1n) is 9.68. The highest BCUT2D eigenvalue weighted by Crippen LogP contribution is 2.48. The van der Waals surface area contributed by atoms with Crippen LogP contribution in [0, 0.1) is 0 Å². The smallest absolute Gasteiger partial charge is 0.136 e. The topological polar surface area (TPSA) is 61.8 Å². The summed E-state index contributed by atoms with van der Waals surface area (Å²) in [4.78, 5) is 25.5. The first kappa shape index (κ1) is 23.6. The number of aldehydes is 2. The van der Waals surface area contributed by atoms with Gasteiger partial charge >= 0.3 is 0 Å². The number of rotatable bonds is 9. The Morgan fingerprint density at radius 1 is 0.719 bits per heavy atom. The molecule has 5 nitrogen and oxygen atoms in total. The summed E-state index contributed by atoms with van der Waals surface area (Å²) in [7, 11) is 4.59. The molecule has 0 saturated carbocycles. The van der Waals surface area contributed by atoms with Gasteiger partial charge in [0.15, 0.2) is 0 Å². The van der Waals surface area contributed by atoms with Crippen LogP contribution in [0.1, 0.15) is 22.6 Å². The standard InChI is InChI=1S/C25H22Cl2O5/c1-30-17-6-4-16(5-7-17)22(14-28)25(15-29,20-10-8-18(31-2)12-23(20)26)21-11-9-19(32-3)13-24(21)27/h4-15,22H,1-3H3. The van der Waals surface area contributed by atoms with E-state index < -0.39 is 11.3 Å². The van der Waals surface area contributed by atoms with Crippen LogP contribution in [0.3, 0.4) is 0 Å². The molecule has 0 saturated heterocycles. The Morgan fingerprint density at radius 3 is 1.50 bits per heavy atom. The number of hydrogen-bond acceptors (Lipinski definition) is 5. The Labute approximate surface area is 196 Å². The van der Waals surface area contributed by atoms with E-state index in [4.69, 9.17) is 37.4 Å². The van der Waals surface area contributed by atoms with Crippen LogP contribution >= 0.6 is 23.2 Å². The Kier molecular flexibility index (Phi) is 7.44. The maximum Gasteiger partial charge on any atom is 0.136 e. The van der Waals surface area contributed by atoms with Crippen LogP contribution in [0.15, 0.2) is 60.7 Å². The lowest BCUT2D eigenvalue weighted by Crippen LogP contribution is -2.38. The second-order valence-corrected chi connectivity index (χ2v) is 7.88. The normalized spacial score (nSPS) is 12.0. The van der Waals surface area contributed by atoms with Gasteiger partial charge in [-0.15, -0.1) is 0 Å². The zero-order valence-electron chi connectivity index (χ0n) is 17.8. The molecule has 1 atom stereocenters. The molecule has 0 radical (unpaired) electrons. The molecule has 3 rings (SSSR count). The van der Waals surface area contributed by atoms with Gasteiger partial charge in [-0.25, -0.2) is 0 Å². The molecule has 3 aromatic rings. The van der Waals surface area contributed by atoms with E-state index in [0.29, 0.717) is 33.9 Å². The van der Waals surface area contributed by atoms with Crippen molar-refractivity contribution in [3.8, 4) is 17.2 Å². The number of ether oxygens (including phenoxy) is 3. The van der Waals surface area contributed by atoms with Gasteiger partial charge < -0.3 is 23.8 Å². The molecule has 166 valence electrons. The Bertz CT molecular complexity index is 1060. The van der Waals surface area contributed by atoms with E-state index in [1.807, 2.05) is 0 Å². The third-order valence-electron chi connectivity index (χ3n) is 5.53. The Balaban J connectivity index is 2.35. The van der Waals surface area contributed by atoms with Gasteiger partial charge in [0.25, 0.3) is 0 Å². The van der Waals surface area contributed by atoms with Crippen LogP contribution in [-0.2, 0) is 15.0 Å². The molecular weight excluding hydrogens is 451 g/mol. The largest absolute Gasteiger partial charge is 0.497 e. The fraction of sp³-hybridized carbons (Fsp3) is 0.200. The molecular formula is C25H22Cl2O5. The monoisotopic (exact) mass is 472 g/mol. The fourth-order valence-electron chi connectivity index (χ4n) is 3.86. The number of hydrogen-bond donors (Lipinski definition) is 0. The summed E-state index contributed by atoms with van der Waals surface area (Å²) in [6.07, 6.45) is 1.45. The molecule has 0 aliphatic carbocycles. The minimum absolute atomic E-state index is 0.267. The minimum Gasteiger partial charge on any atom is -0.497 e. The summed E-state index contributed by atoms with van der Waals surface area (Å²) in [6, 6.07) is 16.9. The number of methoxy groups -OCH3 is 3. The van der Waals surface area contributed by atoms with Gasteiger partial charge in [-0.3, -0.25) is 0 Å². The molecule has 0 aromatic heterocycles. The predicted molar refractivity (Wildman–Crippen MR) is 125 cm³/mol. The van der Waals surface area contributed by atoms with Crippen LogP contribution in [0.25, 0.3) is 0 Å². The number of carbonyl (C=O) groups excluding carboxylic acids is 2. The highest BCUT2D eigenvalue weighted by Gasteiger charge is 2.46. The SMILES string of the molecule is COc1ccc(C(C=O)C(C=O)(c2ccc(OC)cc2Cl)c2ccc(OC)cc2Cl)cc1. The first-order chi connectivity index (χ1) is 15.4. The summed E-state index contributed by atoms with van der Waals surface area (Å²) < 4.78 is 15.7. The lowest BCUT2D eigenvalue weighted by Gasteiger charge is -2.36. The minimum atomic E-state index is -1.51. The maximum absolute atomic E-state index is 13.0. The third-order valence-corrected chi connectivity index (χ3v) is 6.16. The molecule has 0 bridgehead atoms. The van der Waals surface area contributed by atoms with Crippen LogP contribution in [0.5, 0.6) is 17.2 Å². The van der Waals surface area contributed by atoms with Crippen molar-refractivity contribution in [3.63, 3.8) is 0 Å². The fourth-order valence-corrected chi connectivity index (χ4v) is 4.51. The highest BCUT2D eigenvalue weighted by molar-refractivity contribution is 6.33. The van der Waals surface area contributed by atoms with Gasteiger partial charge in [0.05, 0.1) is 32.7 Å². The molecule has 0 amide bonds. The molecule has 3 aromatic carbocycles. The second kappa shape index (κ2) is 10.1. The van der Waals surface area contributed by atoms with Crippen LogP contribution in [0.4, 0.5) is 0 Å². The van der Waals surface area contributed by atoms with E-state index in [2.05, 4.69) is 0 Å². The lowest BCUT2D eigenvalue weighted by atomic mass is 9.65. The van der Waals surface area contributed by atoms with Gasteiger partial charge in [0, 0.05) is 10.0 Å². The van der Waals surface area contributed by atoms with Crippen molar-refractivity contribution in [3.05, 3.63) is 87.4 Å². The van der Waals surface area contributed by atoms with Gasteiger partial charge in [-0.2, -0.15) is 0 Å². The second-order valence-electron chi connectivity index (χ2n) is 7.07. The average Bonchev–Trinajstić information content (AvgIpc) is 2.83. The summed E-state index contributed by atoms with van der Waals surface area (Å²) in [5.74, 6) is 0.737. The van der Waals surface area contributed by atoms with E-state index in [1.165, 1.54) is 14.2 Å². The van der Waals surface area contributed by atoms with Gasteiger partial charge in [-0.05, 0) is 53.1 Å². The molecule has 0 N–H and O–H groups in total. The van der Waals surface area contributed by atoms with E-state index in [-0.39, 0.29) is 10.0 Å².